The summed E-state index contributed by atoms with van der Waals surface area (Å²) in [6, 6.07) is 1.49. The smallest absolute Gasteiger partial charge is 0.340 e. The number of halogens is 2. The molecule has 3 nitrogen and oxygen atoms in total. The second-order valence-electron chi connectivity index (χ2n) is 3.42. The molecule has 2 N–H and O–H groups in total. The lowest BCUT2D eigenvalue weighted by Crippen LogP contribution is -2.17. The van der Waals surface area contributed by atoms with E-state index in [9.17, 15) is 9.18 Å². The molecule has 2 rings (SSSR count). The third kappa shape index (κ3) is 1.65. The van der Waals surface area contributed by atoms with Gasteiger partial charge in [-0.15, -0.1) is 0 Å². The lowest BCUT2D eigenvalue weighted by atomic mass is 9.99. The van der Waals surface area contributed by atoms with Crippen LogP contribution < -0.4 is 5.32 Å². The number of carboxylic acid groups (broad SMARTS) is 1. The van der Waals surface area contributed by atoms with Crippen LogP contribution in [0.2, 0.25) is 5.02 Å². The van der Waals surface area contributed by atoms with Gasteiger partial charge in [-0.05, 0) is 24.5 Å². The lowest BCUT2D eigenvalue weighted by molar-refractivity contribution is 0.0693. The fourth-order valence-electron chi connectivity index (χ4n) is 1.77. The van der Waals surface area contributed by atoms with Gasteiger partial charge in [-0.1, -0.05) is 11.6 Å². The van der Waals surface area contributed by atoms with Crippen molar-refractivity contribution >= 4 is 23.3 Å². The van der Waals surface area contributed by atoms with Gasteiger partial charge in [0.15, 0.2) is 5.82 Å². The van der Waals surface area contributed by atoms with Gasteiger partial charge in [-0.2, -0.15) is 0 Å². The van der Waals surface area contributed by atoms with Crippen molar-refractivity contribution in [1.29, 1.82) is 0 Å². The van der Waals surface area contributed by atoms with Crippen molar-refractivity contribution in [2.75, 3.05) is 11.9 Å². The molecule has 0 radical (unpaired) electrons. The summed E-state index contributed by atoms with van der Waals surface area (Å²) < 4.78 is 13.5. The first-order chi connectivity index (χ1) is 7.11. The molecule has 1 heterocycles. The highest BCUT2D eigenvalue weighted by Gasteiger charge is 2.23. The van der Waals surface area contributed by atoms with E-state index in [0.717, 1.165) is 18.4 Å². The molecule has 0 fully saturated rings. The van der Waals surface area contributed by atoms with Crippen LogP contribution in [0, 0.1) is 5.82 Å². The Balaban J connectivity index is 2.68. The van der Waals surface area contributed by atoms with Crippen molar-refractivity contribution in [3.63, 3.8) is 0 Å². The van der Waals surface area contributed by atoms with Crippen molar-refractivity contribution in [3.8, 4) is 0 Å². The summed E-state index contributed by atoms with van der Waals surface area (Å²) in [6.45, 7) is 0.661. The van der Waals surface area contributed by atoms with Crippen LogP contribution in [0.1, 0.15) is 22.3 Å². The van der Waals surface area contributed by atoms with E-state index in [2.05, 4.69) is 5.32 Å². The SMILES string of the molecule is O=C(O)c1c(F)c(Cl)cc2c1NCCC2. The van der Waals surface area contributed by atoms with Crippen molar-refractivity contribution < 1.29 is 14.3 Å². The Bertz CT molecular complexity index is 434. The average Bonchev–Trinajstić information content (AvgIpc) is 2.19. The molecular weight excluding hydrogens is 221 g/mol. The third-order valence-electron chi connectivity index (χ3n) is 2.44. The number of rotatable bonds is 1. The fraction of sp³-hybridized carbons (Fsp3) is 0.300. The summed E-state index contributed by atoms with van der Waals surface area (Å²) in [5, 5.41) is 11.7. The predicted octanol–water partition coefficient (Wildman–Crippen LogP) is 2.54. The minimum atomic E-state index is -1.29. The highest BCUT2D eigenvalue weighted by atomic mass is 35.5. The number of carboxylic acids is 1. The van der Waals surface area contributed by atoms with Gasteiger partial charge < -0.3 is 10.4 Å². The standard InChI is InChI=1S/C10H9ClFNO2/c11-6-4-5-2-1-3-13-9(5)7(8(6)12)10(14)15/h4,13H,1-3H2,(H,14,15). The van der Waals surface area contributed by atoms with Crippen LogP contribution in [0.15, 0.2) is 6.07 Å². The lowest BCUT2D eigenvalue weighted by Gasteiger charge is -2.20. The molecule has 80 valence electrons. The Labute approximate surface area is 90.9 Å². The number of nitrogens with one attached hydrogen (secondary N) is 1. The monoisotopic (exact) mass is 229 g/mol. The van der Waals surface area contributed by atoms with Gasteiger partial charge in [-0.25, -0.2) is 9.18 Å². The van der Waals surface area contributed by atoms with E-state index >= 15 is 0 Å². The van der Waals surface area contributed by atoms with Crippen LogP contribution in [0.5, 0.6) is 0 Å². The molecule has 1 aliphatic heterocycles. The molecule has 0 saturated carbocycles. The normalized spacial score (nSPS) is 14.3. The van der Waals surface area contributed by atoms with E-state index in [1.807, 2.05) is 0 Å². The third-order valence-corrected chi connectivity index (χ3v) is 2.71. The number of aryl methyl sites for hydroxylation is 1. The quantitative estimate of drug-likeness (QED) is 0.778. The number of carbonyl (C=O) groups is 1. The largest absolute Gasteiger partial charge is 0.478 e. The Morgan fingerprint density at radius 1 is 1.60 bits per heavy atom. The molecule has 0 amide bonds. The fourth-order valence-corrected chi connectivity index (χ4v) is 2.00. The number of hydrogen-bond acceptors (Lipinski definition) is 2. The summed E-state index contributed by atoms with van der Waals surface area (Å²) >= 11 is 5.63. The highest BCUT2D eigenvalue weighted by molar-refractivity contribution is 6.31. The molecule has 0 atom stereocenters. The maximum absolute atomic E-state index is 13.5. The summed E-state index contributed by atoms with van der Waals surface area (Å²) in [5.41, 5.74) is 0.790. The van der Waals surface area contributed by atoms with Gasteiger partial charge >= 0.3 is 5.97 Å². The van der Waals surface area contributed by atoms with Crippen LogP contribution in [0.25, 0.3) is 0 Å². The van der Waals surface area contributed by atoms with Gasteiger partial charge in [-0.3, -0.25) is 0 Å². The molecule has 1 aromatic rings. The molecule has 0 saturated heterocycles. The minimum absolute atomic E-state index is 0.130. The summed E-state index contributed by atoms with van der Waals surface area (Å²) in [6.07, 6.45) is 1.62. The molecular formula is C10H9ClFNO2. The zero-order valence-corrected chi connectivity index (χ0v) is 8.57. The molecule has 0 spiro atoms. The van der Waals surface area contributed by atoms with Gasteiger partial charge in [0.2, 0.25) is 0 Å². The molecule has 0 bridgehead atoms. The van der Waals surface area contributed by atoms with E-state index in [-0.39, 0.29) is 10.6 Å². The second kappa shape index (κ2) is 3.70. The molecule has 0 aliphatic carbocycles. The number of hydrogen-bond donors (Lipinski definition) is 2. The van der Waals surface area contributed by atoms with Crippen molar-refractivity contribution in [1.82, 2.24) is 0 Å². The minimum Gasteiger partial charge on any atom is -0.478 e. The van der Waals surface area contributed by atoms with Crippen LogP contribution in [-0.2, 0) is 6.42 Å². The molecule has 1 aliphatic rings. The Kier molecular flexibility index (Phi) is 2.52. The first-order valence-electron chi connectivity index (χ1n) is 4.59. The van der Waals surface area contributed by atoms with Gasteiger partial charge in [0, 0.05) is 6.54 Å². The topological polar surface area (TPSA) is 49.3 Å². The van der Waals surface area contributed by atoms with E-state index in [1.165, 1.54) is 6.07 Å². The number of anilines is 1. The number of fused-ring (bicyclic) bond motifs is 1. The average molecular weight is 230 g/mol. The molecule has 15 heavy (non-hydrogen) atoms. The zero-order valence-electron chi connectivity index (χ0n) is 7.81. The van der Waals surface area contributed by atoms with Crippen molar-refractivity contribution in [3.05, 3.63) is 28.0 Å². The van der Waals surface area contributed by atoms with E-state index in [0.29, 0.717) is 12.2 Å². The van der Waals surface area contributed by atoms with E-state index in [1.54, 1.807) is 0 Å². The van der Waals surface area contributed by atoms with Crippen LogP contribution in [-0.4, -0.2) is 17.6 Å². The Morgan fingerprint density at radius 2 is 2.33 bits per heavy atom. The molecule has 0 unspecified atom stereocenters. The number of benzene rings is 1. The predicted molar refractivity (Wildman–Crippen MR) is 55.2 cm³/mol. The van der Waals surface area contributed by atoms with E-state index in [4.69, 9.17) is 16.7 Å². The molecule has 5 heteroatoms. The first-order valence-corrected chi connectivity index (χ1v) is 4.97. The van der Waals surface area contributed by atoms with Crippen molar-refractivity contribution in [2.45, 2.75) is 12.8 Å². The molecule has 0 aromatic heterocycles. The maximum Gasteiger partial charge on any atom is 0.340 e. The number of aromatic carboxylic acids is 1. The summed E-state index contributed by atoms with van der Waals surface area (Å²) in [4.78, 5) is 10.9. The Hall–Kier alpha value is -1.29. The van der Waals surface area contributed by atoms with Gasteiger partial charge in [0.25, 0.3) is 0 Å². The highest BCUT2D eigenvalue weighted by Crippen LogP contribution is 2.32. The van der Waals surface area contributed by atoms with E-state index < -0.39 is 11.8 Å². The first kappa shape index (κ1) is 10.2. The van der Waals surface area contributed by atoms with Crippen molar-refractivity contribution in [2.24, 2.45) is 0 Å². The van der Waals surface area contributed by atoms with Gasteiger partial charge in [0.05, 0.1) is 10.7 Å². The summed E-state index contributed by atoms with van der Waals surface area (Å²) in [7, 11) is 0. The maximum atomic E-state index is 13.5. The van der Waals surface area contributed by atoms with Crippen LogP contribution in [0.4, 0.5) is 10.1 Å². The van der Waals surface area contributed by atoms with Gasteiger partial charge in [0.1, 0.15) is 5.56 Å². The zero-order chi connectivity index (χ0) is 11.0. The molecule has 1 aromatic carbocycles. The Morgan fingerprint density at radius 3 is 3.00 bits per heavy atom. The van der Waals surface area contributed by atoms with Crippen LogP contribution >= 0.6 is 11.6 Å². The summed E-state index contributed by atoms with van der Waals surface area (Å²) in [5.74, 6) is -2.15. The second-order valence-corrected chi connectivity index (χ2v) is 3.82. The van der Waals surface area contributed by atoms with Crippen LogP contribution in [0.3, 0.4) is 0 Å².